The predicted molar refractivity (Wildman–Crippen MR) is 85.3 cm³/mol. The third kappa shape index (κ3) is 15.7. The molecule has 0 fully saturated rings. The normalized spacial score (nSPS) is 8.36. The molecule has 22 heavy (non-hydrogen) atoms. The van der Waals surface area contributed by atoms with Crippen LogP contribution < -0.4 is 45.8 Å². The fraction of sp³-hybridized carbons (Fsp3) is 0.286. The van der Waals surface area contributed by atoms with Crippen molar-refractivity contribution in [3.8, 4) is 5.88 Å². The number of nitrogens with two attached hydrogens (primary N) is 2. The van der Waals surface area contributed by atoms with E-state index in [1.165, 1.54) is 0 Å². The minimum absolute atomic E-state index is 0. The van der Waals surface area contributed by atoms with Gasteiger partial charge in [0.05, 0.1) is 6.61 Å². The molecule has 2 aromatic heterocycles. The molecule has 0 aromatic carbocycles. The van der Waals surface area contributed by atoms with Crippen LogP contribution in [0.1, 0.15) is 1.43 Å². The number of pyridine rings is 2. The second kappa shape index (κ2) is 18.3. The summed E-state index contributed by atoms with van der Waals surface area (Å²) in [5.74, 6) is 0.632. The number of ether oxygens (including phenoxy) is 1. The van der Waals surface area contributed by atoms with Crippen molar-refractivity contribution in [2.45, 2.75) is 0 Å². The zero-order valence-corrected chi connectivity index (χ0v) is 15.5. The van der Waals surface area contributed by atoms with Gasteiger partial charge in [0, 0.05) is 31.5 Å². The fourth-order valence-corrected chi connectivity index (χ4v) is 1.07. The van der Waals surface area contributed by atoms with Crippen LogP contribution in [-0.4, -0.2) is 41.4 Å². The van der Waals surface area contributed by atoms with Crippen molar-refractivity contribution in [3.05, 3.63) is 53.9 Å². The molecule has 2 aromatic rings. The van der Waals surface area contributed by atoms with Crippen LogP contribution in [0.4, 0.5) is 0 Å². The Kier molecular flexibility index (Phi) is 19.6. The number of aliphatic hydroxyl groups excluding tert-OH is 1. The van der Waals surface area contributed by atoms with E-state index in [1.807, 2.05) is 24.3 Å². The second-order valence-electron chi connectivity index (χ2n) is 3.47. The Morgan fingerprint density at radius 1 is 1.05 bits per heavy atom. The molecule has 2 rings (SSSR count). The largest absolute Gasteiger partial charge is 1.00 e. The van der Waals surface area contributed by atoms with Gasteiger partial charge in [0.1, 0.15) is 11.8 Å². The van der Waals surface area contributed by atoms with E-state index in [1.54, 1.807) is 24.5 Å². The molecule has 5 N–H and O–H groups in total. The van der Waals surface area contributed by atoms with Crippen molar-refractivity contribution in [2.75, 3.05) is 26.3 Å². The Hall–Kier alpha value is -0.730. The van der Waals surface area contributed by atoms with Gasteiger partial charge in [0.25, 0.3) is 0 Å². The third-order valence-electron chi connectivity index (χ3n) is 1.76. The average molecular weight is 337 g/mol. The molecule has 0 aliphatic carbocycles. The molecule has 0 aliphatic rings. The first-order valence-corrected chi connectivity index (χ1v) is 6.73. The zero-order chi connectivity index (χ0) is 15.8. The molecule has 0 atom stereocenters. The molecule has 0 bridgehead atoms. The molecule has 8 heteroatoms. The van der Waals surface area contributed by atoms with E-state index in [0.717, 1.165) is 0 Å². The minimum atomic E-state index is 0. The summed E-state index contributed by atoms with van der Waals surface area (Å²) in [4.78, 5) is 7.68. The number of hydrogen-bond donors (Lipinski definition) is 3. The van der Waals surface area contributed by atoms with E-state index < -0.39 is 0 Å². The average Bonchev–Trinajstić information content (AvgIpc) is 2.55. The van der Waals surface area contributed by atoms with E-state index in [9.17, 15) is 0 Å². The first-order chi connectivity index (χ1) is 10.2. The van der Waals surface area contributed by atoms with Gasteiger partial charge < -0.3 is 22.7 Å². The summed E-state index contributed by atoms with van der Waals surface area (Å²) < 4.78 is 5.12. The summed E-state index contributed by atoms with van der Waals surface area (Å²) in [7, 11) is 0. The fourth-order valence-electron chi connectivity index (χ4n) is 0.938. The summed E-state index contributed by atoms with van der Waals surface area (Å²) in [6.07, 6.45) is 3.34. The van der Waals surface area contributed by atoms with Gasteiger partial charge in [-0.3, -0.25) is 0 Å². The Morgan fingerprint density at radius 2 is 1.64 bits per heavy atom. The van der Waals surface area contributed by atoms with Gasteiger partial charge >= 0.3 is 29.6 Å². The van der Waals surface area contributed by atoms with Gasteiger partial charge in [-0.1, -0.05) is 23.7 Å². The Labute approximate surface area is 159 Å². The maximum absolute atomic E-state index is 7.75. The standard InChI is InChI=1S/C7H10N2O.C5H4ClN.C2H7NO.Na.H/c8-4-6-10-7-3-1-2-5-9-7;6-5-3-1-2-4-7-5;3-1-2-4;;/h1-3,5H,4,6,8H2;1-4H;4H,1-3H2;;/q;;;+1;-1. The van der Waals surface area contributed by atoms with Crippen LogP contribution in [0, 0.1) is 0 Å². The molecule has 0 spiro atoms. The quantitative estimate of drug-likeness (QED) is 0.449. The SMILES string of the molecule is Clc1ccccn1.NCCO.NCCOc1ccccn1.[H-].[Na+]. The Balaban J connectivity index is -0.000000273. The molecule has 0 amide bonds. The van der Waals surface area contributed by atoms with Crippen molar-refractivity contribution < 1.29 is 40.8 Å². The first-order valence-electron chi connectivity index (χ1n) is 6.36. The number of nitrogens with zero attached hydrogens (tertiary/aromatic N) is 2. The molecular formula is C14H22ClN4NaO2. The molecule has 118 valence electrons. The number of rotatable bonds is 4. The minimum Gasteiger partial charge on any atom is -1.00 e. The molecule has 0 saturated carbocycles. The van der Waals surface area contributed by atoms with E-state index in [0.29, 0.717) is 30.7 Å². The summed E-state index contributed by atoms with van der Waals surface area (Å²) in [5, 5.41) is 8.29. The molecule has 0 saturated heterocycles. The van der Waals surface area contributed by atoms with Gasteiger partial charge in [-0.05, 0) is 18.2 Å². The van der Waals surface area contributed by atoms with Crippen molar-refractivity contribution in [2.24, 2.45) is 11.5 Å². The third-order valence-corrected chi connectivity index (χ3v) is 1.99. The molecular weight excluding hydrogens is 315 g/mol. The van der Waals surface area contributed by atoms with Gasteiger partial charge in [0.2, 0.25) is 5.88 Å². The van der Waals surface area contributed by atoms with E-state index in [-0.39, 0.29) is 37.6 Å². The van der Waals surface area contributed by atoms with Crippen LogP contribution in [0.3, 0.4) is 0 Å². The van der Waals surface area contributed by atoms with Gasteiger partial charge in [-0.2, -0.15) is 0 Å². The van der Waals surface area contributed by atoms with Crippen LogP contribution in [0.5, 0.6) is 5.88 Å². The van der Waals surface area contributed by atoms with Crippen molar-refractivity contribution in [3.63, 3.8) is 0 Å². The number of hydrogen-bond acceptors (Lipinski definition) is 6. The van der Waals surface area contributed by atoms with Gasteiger partial charge in [-0.15, -0.1) is 0 Å². The number of halogens is 1. The first kappa shape index (κ1) is 23.5. The van der Waals surface area contributed by atoms with E-state index >= 15 is 0 Å². The Morgan fingerprint density at radius 3 is 1.95 bits per heavy atom. The molecule has 2 heterocycles. The topological polar surface area (TPSA) is 107 Å². The van der Waals surface area contributed by atoms with Gasteiger partial charge in [0.15, 0.2) is 0 Å². The smallest absolute Gasteiger partial charge is 1.00 e. The maximum atomic E-state index is 7.75. The van der Waals surface area contributed by atoms with E-state index in [4.69, 9.17) is 32.9 Å². The molecule has 0 radical (unpaired) electrons. The van der Waals surface area contributed by atoms with Crippen molar-refractivity contribution in [1.82, 2.24) is 9.97 Å². The van der Waals surface area contributed by atoms with Gasteiger partial charge in [-0.25, -0.2) is 9.97 Å². The summed E-state index contributed by atoms with van der Waals surface area (Å²) in [5.41, 5.74) is 10.0. The zero-order valence-electron chi connectivity index (χ0n) is 13.7. The van der Waals surface area contributed by atoms with Crippen molar-refractivity contribution in [1.29, 1.82) is 0 Å². The summed E-state index contributed by atoms with van der Waals surface area (Å²) >= 11 is 5.43. The maximum Gasteiger partial charge on any atom is 1.00 e. The van der Waals surface area contributed by atoms with Crippen LogP contribution in [0.15, 0.2) is 48.8 Å². The summed E-state index contributed by atoms with van der Waals surface area (Å²) in [6.45, 7) is 1.52. The van der Waals surface area contributed by atoms with Crippen molar-refractivity contribution >= 4 is 11.6 Å². The molecule has 6 nitrogen and oxygen atoms in total. The number of aromatic nitrogens is 2. The van der Waals surface area contributed by atoms with Crippen LogP contribution >= 0.6 is 11.6 Å². The predicted octanol–water partition coefficient (Wildman–Crippen LogP) is -1.79. The van der Waals surface area contributed by atoms with Crippen LogP contribution in [0.25, 0.3) is 0 Å². The summed E-state index contributed by atoms with van der Waals surface area (Å²) in [6, 6.07) is 10.9. The number of aliphatic hydroxyl groups is 1. The van der Waals surface area contributed by atoms with Crippen LogP contribution in [0.2, 0.25) is 5.15 Å². The second-order valence-corrected chi connectivity index (χ2v) is 3.86. The molecule has 0 unspecified atom stereocenters. The molecule has 0 aliphatic heterocycles. The monoisotopic (exact) mass is 336 g/mol. The van der Waals surface area contributed by atoms with E-state index in [2.05, 4.69) is 9.97 Å². The van der Waals surface area contributed by atoms with Crippen LogP contribution in [-0.2, 0) is 0 Å². The Bertz CT molecular complexity index is 441.